The number of rotatable bonds is 12. The van der Waals surface area contributed by atoms with Crippen molar-refractivity contribution in [2.75, 3.05) is 45.8 Å². The van der Waals surface area contributed by atoms with Gasteiger partial charge in [0.2, 0.25) is 16.8 Å². The Morgan fingerprint density at radius 3 is 2.42 bits per heavy atom. The Balaban J connectivity index is 1.67. The predicted octanol–water partition coefficient (Wildman–Crippen LogP) is 3.96. The van der Waals surface area contributed by atoms with Gasteiger partial charge in [-0.3, -0.25) is 9.69 Å². The fourth-order valence-electron chi connectivity index (χ4n) is 5.55. The molecule has 9 nitrogen and oxygen atoms in total. The summed E-state index contributed by atoms with van der Waals surface area (Å²) in [7, 11) is -1.84. The Bertz CT molecular complexity index is 1220. The quantitative estimate of drug-likeness (QED) is 0.427. The number of carbonyl (C=O) groups is 1. The van der Waals surface area contributed by atoms with E-state index in [4.69, 9.17) is 14.2 Å². The van der Waals surface area contributed by atoms with Crippen LogP contribution in [0.4, 0.5) is 0 Å². The minimum absolute atomic E-state index is 0.0185. The molecule has 38 heavy (non-hydrogen) atoms. The topological polar surface area (TPSA) is 106 Å². The Morgan fingerprint density at radius 1 is 1.11 bits per heavy atom. The minimum Gasteiger partial charge on any atom is -0.497 e. The molecule has 2 aliphatic rings. The van der Waals surface area contributed by atoms with Crippen molar-refractivity contribution < 1.29 is 32.5 Å². The van der Waals surface area contributed by atoms with Crippen LogP contribution in [0, 0.1) is 11.8 Å². The van der Waals surface area contributed by atoms with Gasteiger partial charge in [0.1, 0.15) is 5.75 Å². The number of ether oxygens (including phenoxy) is 3. The van der Waals surface area contributed by atoms with Crippen molar-refractivity contribution in [3.05, 3.63) is 53.6 Å². The fraction of sp³-hybridized carbons (Fsp3) is 0.536. The minimum atomic E-state index is -3.43. The second-order valence-electron chi connectivity index (χ2n) is 10.4. The van der Waals surface area contributed by atoms with Crippen LogP contribution in [0.1, 0.15) is 50.3 Å². The van der Waals surface area contributed by atoms with Crippen molar-refractivity contribution in [2.45, 2.75) is 39.2 Å². The van der Waals surface area contributed by atoms with E-state index < -0.39 is 28.0 Å². The first kappa shape index (κ1) is 28.2. The van der Waals surface area contributed by atoms with Crippen molar-refractivity contribution >= 4 is 16.0 Å². The van der Waals surface area contributed by atoms with Crippen LogP contribution < -0.4 is 14.2 Å². The zero-order chi connectivity index (χ0) is 27.4. The lowest BCUT2D eigenvalue weighted by atomic mass is 9.82. The van der Waals surface area contributed by atoms with E-state index in [1.165, 1.54) is 0 Å². The predicted molar refractivity (Wildman–Crippen MR) is 144 cm³/mol. The highest BCUT2D eigenvalue weighted by molar-refractivity contribution is 7.89. The van der Waals surface area contributed by atoms with E-state index >= 15 is 0 Å². The molecule has 2 aliphatic heterocycles. The molecule has 0 unspecified atom stereocenters. The van der Waals surface area contributed by atoms with Crippen molar-refractivity contribution in [2.24, 2.45) is 11.8 Å². The second kappa shape index (κ2) is 11.9. The third-order valence-electron chi connectivity index (χ3n) is 7.21. The molecular formula is C28H38N2O7S. The van der Waals surface area contributed by atoms with Crippen LogP contribution in [0.3, 0.4) is 0 Å². The molecule has 1 fully saturated rings. The van der Waals surface area contributed by atoms with Crippen LogP contribution in [-0.4, -0.2) is 74.5 Å². The molecule has 0 spiro atoms. The summed E-state index contributed by atoms with van der Waals surface area (Å²) in [6, 6.07) is 12.6. The van der Waals surface area contributed by atoms with Gasteiger partial charge in [-0.15, -0.1) is 0 Å². The van der Waals surface area contributed by atoms with Crippen molar-refractivity contribution in [3.63, 3.8) is 0 Å². The molecule has 0 aliphatic carbocycles. The van der Waals surface area contributed by atoms with E-state index in [2.05, 4.69) is 4.90 Å². The third-order valence-corrected chi connectivity index (χ3v) is 9.45. The molecule has 1 saturated heterocycles. The Kier molecular flexibility index (Phi) is 8.85. The second-order valence-corrected chi connectivity index (χ2v) is 12.4. The van der Waals surface area contributed by atoms with Crippen LogP contribution in [0.2, 0.25) is 0 Å². The van der Waals surface area contributed by atoms with E-state index in [1.54, 1.807) is 11.4 Å². The first-order valence-electron chi connectivity index (χ1n) is 13.1. The molecule has 2 aromatic carbocycles. The highest BCUT2D eigenvalue weighted by atomic mass is 32.2. The Hall–Kier alpha value is -2.82. The van der Waals surface area contributed by atoms with E-state index in [0.29, 0.717) is 49.8 Å². The molecule has 0 amide bonds. The largest absolute Gasteiger partial charge is 0.497 e. The summed E-state index contributed by atoms with van der Waals surface area (Å²) >= 11 is 0. The number of carboxylic acid groups (broad SMARTS) is 1. The first-order chi connectivity index (χ1) is 18.1. The summed E-state index contributed by atoms with van der Waals surface area (Å²) in [6.45, 7) is 7.52. The van der Waals surface area contributed by atoms with Crippen LogP contribution in [0.15, 0.2) is 42.5 Å². The van der Waals surface area contributed by atoms with Crippen LogP contribution in [-0.2, 0) is 14.8 Å². The lowest BCUT2D eigenvalue weighted by Crippen LogP contribution is -2.41. The molecule has 3 atom stereocenters. The number of fused-ring (bicyclic) bond motifs is 1. The average molecular weight is 547 g/mol. The number of methoxy groups -OCH3 is 1. The highest BCUT2D eigenvalue weighted by Crippen LogP contribution is 2.47. The Morgan fingerprint density at radius 2 is 1.79 bits per heavy atom. The number of benzene rings is 2. The number of carboxylic acids is 1. The van der Waals surface area contributed by atoms with Gasteiger partial charge in [0.05, 0.1) is 18.8 Å². The lowest BCUT2D eigenvalue weighted by Gasteiger charge is -2.30. The monoisotopic (exact) mass is 546 g/mol. The number of aliphatic carboxylic acids is 1. The Labute approximate surface area is 225 Å². The number of hydrogen-bond acceptors (Lipinski definition) is 7. The standard InChI is InChI=1S/C28H38N2O7S/c1-5-12-30(38(33,34)17-19(2)3)14-13-29-16-23(21-8-11-24-25(15-21)37-18-36-24)26(28(31)32)27(29)20-6-9-22(35-4)10-7-20/h6-11,15,19,23,26-27H,5,12-14,16-18H2,1-4H3,(H,31,32)/t23-,26+,27-/m1/s1. The molecule has 4 rings (SSSR count). The number of likely N-dealkylation sites (tertiary alicyclic amines) is 1. The van der Waals surface area contributed by atoms with E-state index in [1.807, 2.05) is 63.2 Å². The van der Waals surface area contributed by atoms with Crippen molar-refractivity contribution in [1.82, 2.24) is 9.21 Å². The van der Waals surface area contributed by atoms with Gasteiger partial charge in [-0.25, -0.2) is 12.7 Å². The molecule has 208 valence electrons. The van der Waals surface area contributed by atoms with Crippen molar-refractivity contribution in [3.8, 4) is 17.2 Å². The van der Waals surface area contributed by atoms with E-state index in [-0.39, 0.29) is 24.4 Å². The number of hydrogen-bond donors (Lipinski definition) is 1. The van der Waals surface area contributed by atoms with E-state index in [0.717, 1.165) is 11.1 Å². The van der Waals surface area contributed by atoms with Gasteiger partial charge in [-0.05, 0) is 47.7 Å². The third kappa shape index (κ3) is 6.08. The summed E-state index contributed by atoms with van der Waals surface area (Å²) in [5, 5.41) is 10.5. The number of nitrogens with zero attached hydrogens (tertiary/aromatic N) is 2. The van der Waals surface area contributed by atoms with Gasteiger partial charge in [0.15, 0.2) is 11.5 Å². The summed E-state index contributed by atoms with van der Waals surface area (Å²) in [5.41, 5.74) is 1.72. The number of sulfonamides is 1. The summed E-state index contributed by atoms with van der Waals surface area (Å²) in [4.78, 5) is 14.9. The van der Waals surface area contributed by atoms with Crippen LogP contribution in [0.5, 0.6) is 17.2 Å². The van der Waals surface area contributed by atoms with Crippen molar-refractivity contribution in [1.29, 1.82) is 0 Å². The maximum atomic E-state index is 13.1. The maximum absolute atomic E-state index is 13.1. The smallest absolute Gasteiger partial charge is 0.309 e. The summed E-state index contributed by atoms with van der Waals surface area (Å²) < 4.78 is 44.1. The first-order valence-corrected chi connectivity index (χ1v) is 14.7. The zero-order valence-corrected chi connectivity index (χ0v) is 23.3. The molecule has 10 heteroatoms. The normalized spacial score (nSPS) is 21.4. The average Bonchev–Trinajstić information content (AvgIpc) is 3.50. The molecule has 0 radical (unpaired) electrons. The van der Waals surface area contributed by atoms with Crippen LogP contribution >= 0.6 is 0 Å². The molecule has 0 saturated carbocycles. The van der Waals surface area contributed by atoms with Gasteiger partial charge in [0, 0.05) is 38.1 Å². The SMILES string of the molecule is CCCN(CCN1C[C@H](c2ccc3c(c2)OCO3)[C@H](C(=O)O)[C@H]1c1ccc(OC)cc1)S(=O)(=O)CC(C)C. The molecule has 2 aromatic rings. The summed E-state index contributed by atoms with van der Waals surface area (Å²) in [5.74, 6) is 0.0986. The van der Waals surface area contributed by atoms with Gasteiger partial charge < -0.3 is 19.3 Å². The van der Waals surface area contributed by atoms with E-state index in [9.17, 15) is 18.3 Å². The van der Waals surface area contributed by atoms with Gasteiger partial charge >= 0.3 is 5.97 Å². The maximum Gasteiger partial charge on any atom is 0.309 e. The van der Waals surface area contributed by atoms with Gasteiger partial charge in [-0.2, -0.15) is 0 Å². The molecule has 0 aromatic heterocycles. The van der Waals surface area contributed by atoms with Gasteiger partial charge in [-0.1, -0.05) is 39.0 Å². The molecule has 1 N–H and O–H groups in total. The zero-order valence-electron chi connectivity index (χ0n) is 22.5. The molecule has 0 bridgehead atoms. The van der Waals surface area contributed by atoms with Gasteiger partial charge in [0.25, 0.3) is 0 Å². The lowest BCUT2D eigenvalue weighted by molar-refractivity contribution is -0.143. The highest BCUT2D eigenvalue weighted by Gasteiger charge is 2.47. The van der Waals surface area contributed by atoms with Crippen LogP contribution in [0.25, 0.3) is 0 Å². The molecule has 2 heterocycles. The fourth-order valence-corrected chi connectivity index (χ4v) is 7.42. The summed E-state index contributed by atoms with van der Waals surface area (Å²) in [6.07, 6.45) is 0.705. The molecular weight excluding hydrogens is 508 g/mol.